The van der Waals surface area contributed by atoms with Gasteiger partial charge < -0.3 is 0 Å². The molecule has 3 nitrogen and oxygen atoms in total. The molecule has 0 aliphatic carbocycles. The van der Waals surface area contributed by atoms with Gasteiger partial charge in [0.2, 0.25) is 0 Å². The Morgan fingerprint density at radius 1 is 0.569 bits per heavy atom. The normalized spacial score (nSPS) is 14.4. The molecule has 6 aromatic carbocycles. The number of rotatable bonds is 10. The van der Waals surface area contributed by atoms with E-state index in [4.69, 9.17) is 9.97 Å². The van der Waals surface area contributed by atoms with Gasteiger partial charge >= 0.3 is 0 Å². The molecule has 280 valence electrons. The van der Waals surface area contributed by atoms with Crippen LogP contribution in [0.1, 0.15) is 37.1 Å². The van der Waals surface area contributed by atoms with Crippen molar-refractivity contribution < 1.29 is 0 Å². The monoisotopic (exact) mass is 747 g/mol. The quantitative estimate of drug-likeness (QED) is 0.131. The van der Waals surface area contributed by atoms with Gasteiger partial charge in [-0.15, -0.1) is 0 Å². The van der Waals surface area contributed by atoms with Crippen molar-refractivity contribution in [2.75, 3.05) is 0 Å². The van der Waals surface area contributed by atoms with Crippen molar-refractivity contribution >= 4 is 22.9 Å². The molecule has 58 heavy (non-hydrogen) atoms. The fourth-order valence-electron chi connectivity index (χ4n) is 7.28. The third-order valence-electron chi connectivity index (χ3n) is 10.4. The Labute approximate surface area is 342 Å². The topological polar surface area (TPSA) is 38.1 Å². The highest BCUT2D eigenvalue weighted by Gasteiger charge is 2.15. The highest BCUT2D eigenvalue weighted by Crippen LogP contribution is 2.34. The van der Waals surface area contributed by atoms with E-state index in [0.717, 1.165) is 67.9 Å². The van der Waals surface area contributed by atoms with Gasteiger partial charge in [0, 0.05) is 29.1 Å². The zero-order valence-electron chi connectivity index (χ0n) is 33.0. The van der Waals surface area contributed by atoms with Gasteiger partial charge in [0.25, 0.3) is 0 Å². The smallest absolute Gasteiger partial charge is 0.160 e. The van der Waals surface area contributed by atoms with E-state index >= 15 is 0 Å². The van der Waals surface area contributed by atoms with Crippen molar-refractivity contribution in [2.24, 2.45) is 10.9 Å². The molecule has 0 amide bonds. The molecule has 1 atom stereocenters. The van der Waals surface area contributed by atoms with Crippen molar-refractivity contribution in [1.29, 1.82) is 0 Å². The van der Waals surface area contributed by atoms with Crippen LogP contribution in [0.3, 0.4) is 0 Å². The minimum atomic E-state index is 0.407. The molecule has 2 heterocycles. The largest absolute Gasteiger partial charge is 0.268 e. The molecule has 1 unspecified atom stereocenters. The summed E-state index contributed by atoms with van der Waals surface area (Å²) in [5.74, 6) is 1.04. The van der Waals surface area contributed by atoms with Crippen LogP contribution >= 0.6 is 0 Å². The fraction of sp³-hybridized carbons (Fsp3) is 0.0727. The minimum absolute atomic E-state index is 0.407. The molecule has 0 radical (unpaired) electrons. The molecule has 0 bridgehead atoms. The molecule has 0 spiro atoms. The predicted octanol–water partition coefficient (Wildman–Crippen LogP) is 14.5. The van der Waals surface area contributed by atoms with Crippen molar-refractivity contribution in [2.45, 2.75) is 20.3 Å². The Bertz CT molecular complexity index is 2730. The first-order valence-electron chi connectivity index (χ1n) is 19.9. The molecule has 3 heteroatoms. The van der Waals surface area contributed by atoms with Crippen LogP contribution < -0.4 is 0 Å². The number of aliphatic imine (C=N–C) groups is 1. The second-order valence-electron chi connectivity index (χ2n) is 14.6. The zero-order valence-corrected chi connectivity index (χ0v) is 33.0. The van der Waals surface area contributed by atoms with E-state index in [1.165, 1.54) is 22.3 Å². The van der Waals surface area contributed by atoms with Gasteiger partial charge in [-0.3, -0.25) is 4.99 Å². The Kier molecular flexibility index (Phi) is 11.5. The first-order chi connectivity index (χ1) is 28.5. The maximum atomic E-state index is 5.27. The molecule has 1 aliphatic rings. The Balaban J connectivity index is 1.23. The number of hydrogen-bond donors (Lipinski definition) is 0. The standard InChI is InChI=1S/C55H45N3/c1-4-40(44-22-13-23-45(32-44)42-18-8-6-9-19-42)31-41(5-2)53-36-54(50-28-15-26-48(34-50)47-25-14-24-46(33-47)43-20-10-7-11-21-43)58-55(57-53)51-29-16-27-49(35-51)52-30-12-17-39(3)37-56-38-52/h4-16,18-39H,2,17H2,1,3H3. The second kappa shape index (κ2) is 17.7. The average molecular weight is 748 g/mol. The Morgan fingerprint density at radius 2 is 1.12 bits per heavy atom. The van der Waals surface area contributed by atoms with E-state index in [2.05, 4.69) is 207 Å². The zero-order chi connectivity index (χ0) is 39.7. The summed E-state index contributed by atoms with van der Waals surface area (Å²) in [6.07, 6.45) is 15.5. The molecule has 8 rings (SSSR count). The van der Waals surface area contributed by atoms with Crippen LogP contribution in [0.5, 0.6) is 0 Å². The van der Waals surface area contributed by atoms with Gasteiger partial charge in [0.1, 0.15) is 0 Å². The molecule has 0 saturated heterocycles. The molecule has 1 aromatic heterocycles. The van der Waals surface area contributed by atoms with Gasteiger partial charge in [-0.1, -0.05) is 171 Å². The molecule has 0 saturated carbocycles. The number of hydrogen-bond acceptors (Lipinski definition) is 3. The summed E-state index contributed by atoms with van der Waals surface area (Å²) in [5, 5.41) is 0. The van der Waals surface area contributed by atoms with Crippen LogP contribution in [0.2, 0.25) is 0 Å². The summed E-state index contributed by atoms with van der Waals surface area (Å²) in [7, 11) is 0. The van der Waals surface area contributed by atoms with Crippen molar-refractivity contribution in [1.82, 2.24) is 9.97 Å². The summed E-state index contributed by atoms with van der Waals surface area (Å²) < 4.78 is 0. The van der Waals surface area contributed by atoms with E-state index in [-0.39, 0.29) is 0 Å². The Morgan fingerprint density at radius 3 is 1.79 bits per heavy atom. The van der Waals surface area contributed by atoms with E-state index in [1.54, 1.807) is 0 Å². The van der Waals surface area contributed by atoms with E-state index < -0.39 is 0 Å². The van der Waals surface area contributed by atoms with Crippen LogP contribution in [0.15, 0.2) is 212 Å². The van der Waals surface area contributed by atoms with Crippen molar-refractivity contribution in [3.63, 3.8) is 0 Å². The summed E-state index contributed by atoms with van der Waals surface area (Å²) >= 11 is 0. The van der Waals surface area contributed by atoms with Gasteiger partial charge in [-0.25, -0.2) is 9.97 Å². The van der Waals surface area contributed by atoms with E-state index in [9.17, 15) is 0 Å². The molecular weight excluding hydrogens is 703 g/mol. The van der Waals surface area contributed by atoms with Crippen LogP contribution in [0, 0.1) is 5.92 Å². The number of benzene rings is 6. The van der Waals surface area contributed by atoms with Gasteiger partial charge in [0.05, 0.1) is 11.4 Å². The van der Waals surface area contributed by atoms with Gasteiger partial charge in [0.15, 0.2) is 5.82 Å². The lowest BCUT2D eigenvalue weighted by Crippen LogP contribution is -1.99. The summed E-state index contributed by atoms with van der Waals surface area (Å²) in [5.41, 5.74) is 15.7. The van der Waals surface area contributed by atoms with Crippen LogP contribution in [-0.4, -0.2) is 16.2 Å². The maximum absolute atomic E-state index is 5.27. The summed E-state index contributed by atoms with van der Waals surface area (Å²) in [4.78, 5) is 15.1. The second-order valence-corrected chi connectivity index (χ2v) is 14.6. The lowest BCUT2D eigenvalue weighted by Gasteiger charge is -2.13. The van der Waals surface area contributed by atoms with E-state index in [0.29, 0.717) is 11.7 Å². The highest BCUT2D eigenvalue weighted by molar-refractivity contribution is 5.89. The molecule has 0 N–H and O–H groups in total. The average Bonchev–Trinajstić information content (AvgIpc) is 3.28. The van der Waals surface area contributed by atoms with E-state index in [1.807, 2.05) is 24.6 Å². The fourth-order valence-corrected chi connectivity index (χ4v) is 7.28. The molecule has 7 aromatic rings. The lowest BCUT2D eigenvalue weighted by molar-refractivity contribution is 0.807. The minimum Gasteiger partial charge on any atom is -0.268 e. The Hall–Kier alpha value is -7.23. The molecule has 1 aliphatic heterocycles. The number of aromatic nitrogens is 2. The number of nitrogens with zero attached hydrogens (tertiary/aromatic N) is 3. The predicted molar refractivity (Wildman–Crippen MR) is 247 cm³/mol. The van der Waals surface area contributed by atoms with Crippen molar-refractivity contribution in [3.8, 4) is 56.0 Å². The van der Waals surface area contributed by atoms with Crippen molar-refractivity contribution in [3.05, 3.63) is 224 Å². The van der Waals surface area contributed by atoms with Crippen LogP contribution in [0.4, 0.5) is 0 Å². The third kappa shape index (κ3) is 8.75. The lowest BCUT2D eigenvalue weighted by atomic mass is 9.96. The maximum Gasteiger partial charge on any atom is 0.160 e. The molecule has 0 fully saturated rings. The first kappa shape index (κ1) is 37.7. The number of allylic oxidation sites excluding steroid dienone is 8. The summed E-state index contributed by atoms with van der Waals surface area (Å²) in [6.45, 7) is 8.54. The highest BCUT2D eigenvalue weighted by atomic mass is 14.9. The van der Waals surface area contributed by atoms with Crippen LogP contribution in [0.25, 0.3) is 72.7 Å². The van der Waals surface area contributed by atoms with Gasteiger partial charge in [-0.05, 0) is 111 Å². The summed E-state index contributed by atoms with van der Waals surface area (Å²) in [6, 6.07) is 57.5. The first-order valence-corrected chi connectivity index (χ1v) is 19.9. The van der Waals surface area contributed by atoms with Crippen LogP contribution in [-0.2, 0) is 0 Å². The third-order valence-corrected chi connectivity index (χ3v) is 10.4. The SMILES string of the molecule is C=CC(=CC(=CC)c1cccc(-c2ccccc2)c1)c1cc(-c2cccc(-c3cccc(-c4ccccc4)c3)c2)nc(-c2cccc(C3=CN=CC(C)CC=C3)c2)n1. The molecular formula is C55H45N3. The van der Waals surface area contributed by atoms with Gasteiger partial charge in [-0.2, -0.15) is 0 Å².